The van der Waals surface area contributed by atoms with Gasteiger partial charge in [0.05, 0.1) is 36.8 Å². The second-order valence-corrected chi connectivity index (χ2v) is 6.56. The Labute approximate surface area is 163 Å². The Bertz CT molecular complexity index is 851. The molecule has 3 rings (SSSR count). The van der Waals surface area contributed by atoms with Gasteiger partial charge in [-0.25, -0.2) is 4.79 Å². The molecule has 0 spiro atoms. The Balaban J connectivity index is 1.60. The summed E-state index contributed by atoms with van der Waals surface area (Å²) >= 11 is 0. The van der Waals surface area contributed by atoms with Gasteiger partial charge in [-0.15, -0.1) is 0 Å². The minimum atomic E-state index is -0.496. The molecule has 3 amide bonds. The van der Waals surface area contributed by atoms with E-state index in [1.54, 1.807) is 30.3 Å². The molecule has 1 aliphatic heterocycles. The van der Waals surface area contributed by atoms with Crippen molar-refractivity contribution in [2.45, 2.75) is 39.0 Å². The van der Waals surface area contributed by atoms with Gasteiger partial charge in [-0.2, -0.15) is 5.10 Å². The summed E-state index contributed by atoms with van der Waals surface area (Å²) in [5, 5.41) is 12.6. The number of nitrogens with zero attached hydrogens (tertiary/aromatic N) is 2. The number of methoxy groups -OCH3 is 1. The van der Waals surface area contributed by atoms with Gasteiger partial charge in [0.15, 0.2) is 6.10 Å². The number of amides is 3. The molecule has 0 saturated heterocycles. The first kappa shape index (κ1) is 19.7. The van der Waals surface area contributed by atoms with Crippen LogP contribution in [0.4, 0.5) is 16.2 Å². The smallest absolute Gasteiger partial charge is 0.319 e. The van der Waals surface area contributed by atoms with Crippen LogP contribution in [0.25, 0.3) is 0 Å². The molecule has 0 bridgehead atoms. The van der Waals surface area contributed by atoms with E-state index in [1.165, 1.54) is 0 Å². The second-order valence-electron chi connectivity index (χ2n) is 6.56. The van der Waals surface area contributed by atoms with Crippen LogP contribution >= 0.6 is 0 Å². The van der Waals surface area contributed by atoms with E-state index in [1.807, 2.05) is 26.0 Å². The number of nitrogens with one attached hydrogen (secondary N) is 3. The van der Waals surface area contributed by atoms with Crippen molar-refractivity contribution in [2.24, 2.45) is 0 Å². The lowest BCUT2D eigenvalue weighted by atomic mass is 10.1. The molecule has 2 aromatic rings. The number of carbonyl (C=O) groups is 2. The molecule has 2 heterocycles. The Hall–Kier alpha value is -3.07. The maximum atomic E-state index is 12.3. The van der Waals surface area contributed by atoms with Crippen molar-refractivity contribution in [3.05, 3.63) is 36.2 Å². The average Bonchev–Trinajstić information content (AvgIpc) is 3.12. The van der Waals surface area contributed by atoms with Crippen molar-refractivity contribution in [1.82, 2.24) is 15.1 Å². The number of ether oxygens (including phenoxy) is 2. The van der Waals surface area contributed by atoms with Crippen LogP contribution in [0.5, 0.6) is 5.75 Å². The van der Waals surface area contributed by atoms with E-state index in [-0.39, 0.29) is 18.0 Å². The molecule has 0 aliphatic carbocycles. The summed E-state index contributed by atoms with van der Waals surface area (Å²) in [4.78, 5) is 24.1. The number of hydrogen-bond donors (Lipinski definition) is 3. The van der Waals surface area contributed by atoms with Crippen molar-refractivity contribution in [2.75, 3.05) is 24.4 Å². The number of rotatable bonds is 7. The highest BCUT2D eigenvalue weighted by atomic mass is 16.5. The topological polar surface area (TPSA) is 107 Å². The molecule has 0 fully saturated rings. The molecule has 150 valence electrons. The van der Waals surface area contributed by atoms with Gasteiger partial charge < -0.3 is 25.4 Å². The summed E-state index contributed by atoms with van der Waals surface area (Å²) in [6.45, 7) is 4.93. The molecule has 9 heteroatoms. The number of benzene rings is 1. The number of fused-ring (bicyclic) bond motifs is 1. The molecule has 2 atom stereocenters. The molecule has 9 nitrogen and oxygen atoms in total. The molecule has 1 aromatic carbocycles. The zero-order valence-electron chi connectivity index (χ0n) is 16.2. The number of carbonyl (C=O) groups excluding carboxylic acids is 2. The second kappa shape index (κ2) is 8.75. The van der Waals surface area contributed by atoms with Crippen LogP contribution in [-0.4, -0.2) is 41.5 Å². The van der Waals surface area contributed by atoms with E-state index in [2.05, 4.69) is 21.0 Å². The van der Waals surface area contributed by atoms with Crippen LogP contribution in [0, 0.1) is 0 Å². The van der Waals surface area contributed by atoms with E-state index in [0.717, 1.165) is 5.56 Å². The van der Waals surface area contributed by atoms with E-state index in [0.29, 0.717) is 36.7 Å². The summed E-state index contributed by atoms with van der Waals surface area (Å²) in [6.07, 6.45) is 3.41. The van der Waals surface area contributed by atoms with E-state index < -0.39 is 6.10 Å². The first-order chi connectivity index (χ1) is 13.5. The standard InChI is InChI=1S/C19H25N5O4/c1-4-16-18(25)23-15-6-5-13(9-17(15)28-16)12(2)21-19(26)22-14-10-20-24(11-14)7-8-27-3/h5-6,9-12,16H,4,7-8H2,1-3H3,(H,23,25)(H2,21,22,26)/t12-,16+/m1/s1. The first-order valence-corrected chi connectivity index (χ1v) is 9.20. The predicted octanol–water partition coefficient (Wildman–Crippen LogP) is 2.52. The van der Waals surface area contributed by atoms with Crippen molar-refractivity contribution in [1.29, 1.82) is 0 Å². The fraction of sp³-hybridized carbons (Fsp3) is 0.421. The number of aromatic nitrogens is 2. The fourth-order valence-electron chi connectivity index (χ4n) is 2.88. The molecule has 1 aromatic heterocycles. The molecule has 0 unspecified atom stereocenters. The number of anilines is 2. The molecule has 28 heavy (non-hydrogen) atoms. The third kappa shape index (κ3) is 4.61. The number of urea groups is 1. The summed E-state index contributed by atoms with van der Waals surface area (Å²) in [5.74, 6) is 0.469. The number of hydrogen-bond acceptors (Lipinski definition) is 5. The van der Waals surface area contributed by atoms with Crippen molar-refractivity contribution >= 4 is 23.3 Å². The first-order valence-electron chi connectivity index (χ1n) is 9.20. The molecule has 0 radical (unpaired) electrons. The Morgan fingerprint density at radius 1 is 1.46 bits per heavy atom. The highest BCUT2D eigenvalue weighted by molar-refractivity contribution is 5.97. The van der Waals surface area contributed by atoms with E-state index >= 15 is 0 Å². The van der Waals surface area contributed by atoms with Crippen LogP contribution < -0.4 is 20.7 Å². The minimum Gasteiger partial charge on any atom is -0.478 e. The van der Waals surface area contributed by atoms with E-state index in [4.69, 9.17) is 9.47 Å². The maximum absolute atomic E-state index is 12.3. The normalized spacial score (nSPS) is 16.5. The third-order valence-corrected chi connectivity index (χ3v) is 4.46. The van der Waals surface area contributed by atoms with Crippen LogP contribution in [0.2, 0.25) is 0 Å². The lowest BCUT2D eigenvalue weighted by molar-refractivity contribution is -0.123. The van der Waals surface area contributed by atoms with Crippen LogP contribution in [0.15, 0.2) is 30.6 Å². The maximum Gasteiger partial charge on any atom is 0.319 e. The highest BCUT2D eigenvalue weighted by Crippen LogP contribution is 2.33. The Morgan fingerprint density at radius 3 is 3.04 bits per heavy atom. The summed E-state index contributed by atoms with van der Waals surface area (Å²) in [5.41, 5.74) is 2.11. The highest BCUT2D eigenvalue weighted by Gasteiger charge is 2.26. The van der Waals surface area contributed by atoms with Gasteiger partial charge in [0.25, 0.3) is 5.91 Å². The van der Waals surface area contributed by atoms with Crippen molar-refractivity contribution < 1.29 is 19.1 Å². The molecule has 0 saturated carbocycles. The average molecular weight is 387 g/mol. The van der Waals surface area contributed by atoms with Gasteiger partial charge in [-0.3, -0.25) is 9.48 Å². The van der Waals surface area contributed by atoms with E-state index in [9.17, 15) is 9.59 Å². The molecular formula is C19H25N5O4. The van der Waals surface area contributed by atoms with Crippen molar-refractivity contribution in [3.63, 3.8) is 0 Å². The van der Waals surface area contributed by atoms with Gasteiger partial charge >= 0.3 is 6.03 Å². The SMILES string of the molecule is CC[C@@H]1Oc2cc([C@@H](C)NC(=O)Nc3cnn(CCOC)c3)ccc2NC1=O. The van der Waals surface area contributed by atoms with Gasteiger partial charge in [0.2, 0.25) is 0 Å². The fourth-order valence-corrected chi connectivity index (χ4v) is 2.88. The zero-order chi connectivity index (χ0) is 20.1. The summed E-state index contributed by atoms with van der Waals surface area (Å²) < 4.78 is 12.5. The molecule has 1 aliphatic rings. The quantitative estimate of drug-likeness (QED) is 0.677. The third-order valence-electron chi connectivity index (χ3n) is 4.46. The van der Waals surface area contributed by atoms with Gasteiger partial charge in [0.1, 0.15) is 5.75 Å². The van der Waals surface area contributed by atoms with Crippen LogP contribution in [-0.2, 0) is 16.1 Å². The minimum absolute atomic E-state index is 0.139. The largest absolute Gasteiger partial charge is 0.478 e. The monoisotopic (exact) mass is 387 g/mol. The lowest BCUT2D eigenvalue weighted by Crippen LogP contribution is -2.36. The Morgan fingerprint density at radius 2 is 2.29 bits per heavy atom. The Kier molecular flexibility index (Phi) is 6.15. The molecular weight excluding hydrogens is 362 g/mol. The lowest BCUT2D eigenvalue weighted by Gasteiger charge is -2.26. The van der Waals surface area contributed by atoms with Gasteiger partial charge in [0, 0.05) is 13.3 Å². The predicted molar refractivity (Wildman–Crippen MR) is 104 cm³/mol. The summed E-state index contributed by atoms with van der Waals surface area (Å²) in [6, 6.07) is 4.88. The van der Waals surface area contributed by atoms with Gasteiger partial charge in [-0.05, 0) is 31.0 Å². The summed E-state index contributed by atoms with van der Waals surface area (Å²) in [7, 11) is 1.62. The van der Waals surface area contributed by atoms with Crippen molar-refractivity contribution in [3.8, 4) is 5.75 Å². The zero-order valence-corrected chi connectivity index (χ0v) is 16.2. The van der Waals surface area contributed by atoms with Gasteiger partial charge in [-0.1, -0.05) is 13.0 Å². The molecule has 3 N–H and O–H groups in total. The van der Waals surface area contributed by atoms with Crippen LogP contribution in [0.3, 0.4) is 0 Å². The van der Waals surface area contributed by atoms with Crippen LogP contribution in [0.1, 0.15) is 31.9 Å².